The minimum absolute atomic E-state index is 0.0286. The highest BCUT2D eigenvalue weighted by Crippen LogP contribution is 2.69. The topological polar surface area (TPSA) is 0 Å². The molecular formula is C18H31Cl2P. The molecule has 0 nitrogen and oxygen atoms in total. The molecule has 3 saturated carbocycles. The highest BCUT2D eigenvalue weighted by Gasteiger charge is 2.50. The van der Waals surface area contributed by atoms with E-state index in [4.69, 9.17) is 23.2 Å². The van der Waals surface area contributed by atoms with E-state index in [0.29, 0.717) is 0 Å². The highest BCUT2D eigenvalue weighted by atomic mass is 35.5. The fraction of sp³-hybridized carbons (Fsp3) is 1.00. The molecule has 0 radical (unpaired) electrons. The smallest absolute Gasteiger partial charge is 0.0807 e. The van der Waals surface area contributed by atoms with Crippen LogP contribution in [0.1, 0.15) is 89.9 Å². The molecule has 0 aromatic rings. The van der Waals surface area contributed by atoms with Gasteiger partial charge in [-0.2, -0.15) is 0 Å². The van der Waals surface area contributed by atoms with E-state index in [1.165, 1.54) is 83.5 Å². The number of hydrogen-bond acceptors (Lipinski definition) is 0. The molecule has 0 aromatic carbocycles. The molecular weight excluding hydrogens is 318 g/mol. The van der Waals surface area contributed by atoms with Gasteiger partial charge in [-0.05, 0) is 49.8 Å². The van der Waals surface area contributed by atoms with Gasteiger partial charge in [0, 0.05) is 0 Å². The Morgan fingerprint density at radius 1 is 0.667 bits per heavy atom. The molecule has 0 spiro atoms. The molecule has 0 aliphatic heterocycles. The van der Waals surface area contributed by atoms with Gasteiger partial charge in [0.15, 0.2) is 0 Å². The lowest BCUT2D eigenvalue weighted by Gasteiger charge is -2.51. The third-order valence-corrected chi connectivity index (χ3v) is 12.0. The first kappa shape index (κ1) is 16.9. The molecule has 0 saturated heterocycles. The van der Waals surface area contributed by atoms with E-state index in [2.05, 4.69) is 0 Å². The van der Waals surface area contributed by atoms with Crippen molar-refractivity contribution in [3.63, 3.8) is 0 Å². The van der Waals surface area contributed by atoms with Gasteiger partial charge in [-0.1, -0.05) is 59.3 Å². The third-order valence-electron chi connectivity index (χ3n) is 6.08. The van der Waals surface area contributed by atoms with Crippen LogP contribution in [0, 0.1) is 0 Å². The predicted molar refractivity (Wildman–Crippen MR) is 97.4 cm³/mol. The molecule has 2 atom stereocenters. The minimum Gasteiger partial charge on any atom is -0.121 e. The molecule has 0 amide bonds. The maximum Gasteiger partial charge on any atom is 0.0807 e. The van der Waals surface area contributed by atoms with E-state index in [9.17, 15) is 0 Å². The Labute approximate surface area is 142 Å². The Balaban J connectivity index is 1.82. The maximum atomic E-state index is 7.36. The van der Waals surface area contributed by atoms with Crippen LogP contribution in [0.4, 0.5) is 0 Å². The molecule has 0 unspecified atom stereocenters. The second-order valence-electron chi connectivity index (χ2n) is 7.52. The first-order valence-corrected chi connectivity index (χ1v) is 11.6. The largest absolute Gasteiger partial charge is 0.121 e. The molecule has 122 valence electrons. The van der Waals surface area contributed by atoms with Crippen molar-refractivity contribution < 1.29 is 0 Å². The van der Waals surface area contributed by atoms with Crippen molar-refractivity contribution in [3.05, 3.63) is 0 Å². The van der Waals surface area contributed by atoms with Gasteiger partial charge in [-0.15, -0.1) is 23.2 Å². The zero-order chi connectivity index (χ0) is 14.7. The first-order chi connectivity index (χ1) is 10.2. The van der Waals surface area contributed by atoms with Crippen molar-refractivity contribution in [1.29, 1.82) is 0 Å². The van der Waals surface area contributed by atoms with Crippen LogP contribution in [0.2, 0.25) is 0 Å². The van der Waals surface area contributed by atoms with E-state index in [1.54, 1.807) is 0 Å². The zero-order valence-electron chi connectivity index (χ0n) is 13.3. The molecule has 3 aliphatic rings. The summed E-state index contributed by atoms with van der Waals surface area (Å²) in [6, 6.07) is 0. The van der Waals surface area contributed by atoms with Gasteiger partial charge in [-0.3, -0.25) is 0 Å². The highest BCUT2D eigenvalue weighted by molar-refractivity contribution is 7.63. The lowest BCUT2D eigenvalue weighted by atomic mass is 9.98. The van der Waals surface area contributed by atoms with E-state index < -0.39 is 0 Å². The van der Waals surface area contributed by atoms with Crippen LogP contribution >= 0.6 is 31.1 Å². The minimum atomic E-state index is -0.103. The number of hydrogen-bond donors (Lipinski definition) is 0. The van der Waals surface area contributed by atoms with Gasteiger partial charge >= 0.3 is 0 Å². The van der Waals surface area contributed by atoms with Crippen LogP contribution in [-0.4, -0.2) is 21.3 Å². The number of halogens is 2. The lowest BCUT2D eigenvalue weighted by molar-refractivity contribution is 0.446. The lowest BCUT2D eigenvalue weighted by Crippen LogP contribution is -2.41. The summed E-state index contributed by atoms with van der Waals surface area (Å²) < 4.78 is -0.0286. The quantitative estimate of drug-likeness (QED) is 0.372. The van der Waals surface area contributed by atoms with E-state index in [1.807, 2.05) is 0 Å². The summed E-state index contributed by atoms with van der Waals surface area (Å²) in [6.07, 6.45) is 19.4. The van der Waals surface area contributed by atoms with Crippen molar-refractivity contribution in [1.82, 2.24) is 0 Å². The Morgan fingerprint density at radius 3 is 1.62 bits per heavy atom. The van der Waals surface area contributed by atoms with Gasteiger partial charge in [0.05, 0.1) is 9.99 Å². The van der Waals surface area contributed by atoms with Crippen LogP contribution in [-0.2, 0) is 0 Å². The summed E-state index contributed by atoms with van der Waals surface area (Å²) in [4.78, 5) is 0. The Kier molecular flexibility index (Phi) is 6.20. The monoisotopic (exact) mass is 348 g/mol. The van der Waals surface area contributed by atoms with Crippen LogP contribution in [0.15, 0.2) is 0 Å². The van der Waals surface area contributed by atoms with Crippen molar-refractivity contribution in [2.75, 3.05) is 0 Å². The summed E-state index contributed by atoms with van der Waals surface area (Å²) in [7, 11) is -0.103. The molecule has 0 heterocycles. The molecule has 3 aliphatic carbocycles. The molecule has 21 heavy (non-hydrogen) atoms. The third kappa shape index (κ3) is 3.75. The summed E-state index contributed by atoms with van der Waals surface area (Å²) in [5.74, 6) is 0. The predicted octanol–water partition coefficient (Wildman–Crippen LogP) is 7.25. The number of alkyl halides is 2. The Hall–Kier alpha value is 1.01. The summed E-state index contributed by atoms with van der Waals surface area (Å²) >= 11 is 14.2. The van der Waals surface area contributed by atoms with Gasteiger partial charge in [0.2, 0.25) is 0 Å². The van der Waals surface area contributed by atoms with Gasteiger partial charge in [0.25, 0.3) is 0 Å². The van der Waals surface area contributed by atoms with Crippen molar-refractivity contribution in [2.45, 2.75) is 111 Å². The Morgan fingerprint density at radius 2 is 1.14 bits per heavy atom. The molecule has 3 heteroatoms. The molecule has 0 N–H and O–H groups in total. The van der Waals surface area contributed by atoms with Crippen molar-refractivity contribution >= 4 is 31.1 Å². The molecule has 0 aromatic heterocycles. The normalized spacial score (nSPS) is 37.0. The molecule has 0 bridgehead atoms. The summed E-state index contributed by atoms with van der Waals surface area (Å²) in [6.45, 7) is 0. The van der Waals surface area contributed by atoms with Gasteiger partial charge in [0.1, 0.15) is 0 Å². The van der Waals surface area contributed by atoms with Crippen LogP contribution < -0.4 is 0 Å². The van der Waals surface area contributed by atoms with Crippen LogP contribution in [0.25, 0.3) is 0 Å². The first-order valence-electron chi connectivity index (χ1n) is 9.33. The van der Waals surface area contributed by atoms with Gasteiger partial charge < -0.3 is 0 Å². The fourth-order valence-corrected chi connectivity index (χ4v) is 11.2. The average Bonchev–Trinajstić information content (AvgIpc) is 2.53. The van der Waals surface area contributed by atoms with Crippen LogP contribution in [0.5, 0.6) is 0 Å². The number of rotatable bonds is 3. The Bertz CT molecular complexity index is 305. The SMILES string of the molecule is Cl[C@@H]1CCCC[C@@]1(Cl)P(C1CCCCC1)C1CCCCC1. The molecule has 3 fully saturated rings. The van der Waals surface area contributed by atoms with Gasteiger partial charge in [-0.25, -0.2) is 0 Å². The fourth-order valence-electron chi connectivity index (χ4n) is 4.99. The second kappa shape index (κ2) is 7.72. The summed E-state index contributed by atoms with van der Waals surface area (Å²) in [5.41, 5.74) is 1.85. The maximum absolute atomic E-state index is 7.36. The van der Waals surface area contributed by atoms with E-state index in [0.717, 1.165) is 17.7 Å². The second-order valence-corrected chi connectivity index (χ2v) is 12.1. The average molecular weight is 349 g/mol. The van der Waals surface area contributed by atoms with E-state index in [-0.39, 0.29) is 17.9 Å². The molecule has 3 rings (SSSR count). The summed E-state index contributed by atoms with van der Waals surface area (Å²) in [5, 5.41) is 0.239. The van der Waals surface area contributed by atoms with E-state index >= 15 is 0 Å². The van der Waals surface area contributed by atoms with Crippen LogP contribution in [0.3, 0.4) is 0 Å². The van der Waals surface area contributed by atoms with Crippen molar-refractivity contribution in [3.8, 4) is 0 Å². The standard InChI is InChI=1S/C18H31Cl2P/c19-17-13-7-8-14-18(17,20)21(15-9-3-1-4-10-15)16-11-5-2-6-12-16/h15-17H,1-14H2/t17-,18-/m1/s1. The van der Waals surface area contributed by atoms with Crippen molar-refractivity contribution in [2.24, 2.45) is 0 Å². The zero-order valence-corrected chi connectivity index (χ0v) is 15.7.